The molecule has 0 aromatic heterocycles. The predicted octanol–water partition coefficient (Wildman–Crippen LogP) is 2.02. The van der Waals surface area contributed by atoms with Crippen LogP contribution in [0.4, 0.5) is 0 Å². The Morgan fingerprint density at radius 2 is 2.25 bits per heavy atom. The lowest BCUT2D eigenvalue weighted by molar-refractivity contribution is 0.147. The highest BCUT2D eigenvalue weighted by atomic mass is 15.1. The number of rotatable bonds is 4. The van der Waals surface area contributed by atoms with Gasteiger partial charge in [0.15, 0.2) is 0 Å². The lowest BCUT2D eigenvalue weighted by Crippen LogP contribution is -2.39. The summed E-state index contributed by atoms with van der Waals surface area (Å²) < 4.78 is 0. The normalized spacial score (nSPS) is 20.2. The summed E-state index contributed by atoms with van der Waals surface area (Å²) in [4.78, 5) is 2.35. The first kappa shape index (κ1) is 9.54. The van der Waals surface area contributed by atoms with Crippen LogP contribution in [0.15, 0.2) is 0 Å². The van der Waals surface area contributed by atoms with Crippen LogP contribution < -0.4 is 0 Å². The maximum atomic E-state index is 8.77. The fraction of sp³-hybridized carbons (Fsp3) is 0.900. The van der Waals surface area contributed by atoms with Gasteiger partial charge in [0.2, 0.25) is 0 Å². The van der Waals surface area contributed by atoms with Crippen molar-refractivity contribution in [1.82, 2.24) is 4.90 Å². The minimum Gasteiger partial charge on any atom is -0.302 e. The molecule has 1 fully saturated rings. The van der Waals surface area contributed by atoms with Crippen molar-refractivity contribution in [2.24, 2.45) is 5.92 Å². The van der Waals surface area contributed by atoms with Gasteiger partial charge >= 0.3 is 0 Å². The average molecular weight is 166 g/mol. The van der Waals surface area contributed by atoms with E-state index in [1.165, 1.54) is 19.3 Å². The molecule has 0 heterocycles. The average Bonchev–Trinajstić information content (AvgIpc) is 1.96. The van der Waals surface area contributed by atoms with Gasteiger partial charge in [0.25, 0.3) is 0 Å². The van der Waals surface area contributed by atoms with Crippen molar-refractivity contribution in [3.8, 4) is 6.07 Å². The quantitative estimate of drug-likeness (QED) is 0.639. The molecular formula is C10H18N2. The Bertz CT molecular complexity index is 167. The van der Waals surface area contributed by atoms with Crippen LogP contribution in [0.2, 0.25) is 0 Å². The van der Waals surface area contributed by atoms with Gasteiger partial charge in [-0.2, -0.15) is 5.26 Å². The Hall–Kier alpha value is -0.550. The zero-order chi connectivity index (χ0) is 8.97. The molecule has 0 amide bonds. The van der Waals surface area contributed by atoms with Crippen molar-refractivity contribution in [3.05, 3.63) is 0 Å². The Balaban J connectivity index is 2.24. The molecule has 0 spiro atoms. The van der Waals surface area contributed by atoms with Gasteiger partial charge in [-0.15, -0.1) is 0 Å². The molecule has 0 radical (unpaired) electrons. The second-order valence-corrected chi connectivity index (χ2v) is 3.76. The van der Waals surface area contributed by atoms with Gasteiger partial charge in [-0.1, -0.05) is 13.3 Å². The molecule has 1 atom stereocenters. The third-order valence-corrected chi connectivity index (χ3v) is 2.88. The lowest BCUT2D eigenvalue weighted by Gasteiger charge is -2.35. The van der Waals surface area contributed by atoms with Crippen LogP contribution in [-0.2, 0) is 0 Å². The molecular weight excluding hydrogens is 148 g/mol. The molecule has 1 unspecified atom stereocenters. The number of hydrogen-bond donors (Lipinski definition) is 0. The summed E-state index contributed by atoms with van der Waals surface area (Å²) in [5.74, 6) is 0.232. The molecule has 0 aromatic rings. The van der Waals surface area contributed by atoms with E-state index in [9.17, 15) is 0 Å². The molecule has 0 bridgehead atoms. The Labute approximate surface area is 75.2 Å². The van der Waals surface area contributed by atoms with Crippen LogP contribution in [0.1, 0.15) is 32.6 Å². The molecule has 68 valence electrons. The minimum absolute atomic E-state index is 0.232. The first-order chi connectivity index (χ1) is 5.77. The molecule has 2 heteroatoms. The van der Waals surface area contributed by atoms with Gasteiger partial charge in [-0.3, -0.25) is 0 Å². The van der Waals surface area contributed by atoms with Crippen LogP contribution in [0.25, 0.3) is 0 Å². The Morgan fingerprint density at radius 1 is 1.58 bits per heavy atom. The van der Waals surface area contributed by atoms with E-state index in [1.54, 1.807) is 0 Å². The summed E-state index contributed by atoms with van der Waals surface area (Å²) >= 11 is 0. The van der Waals surface area contributed by atoms with Gasteiger partial charge in [0.05, 0.1) is 12.0 Å². The highest BCUT2D eigenvalue weighted by molar-refractivity contribution is 4.87. The summed E-state index contributed by atoms with van der Waals surface area (Å²) in [6.07, 6.45) is 5.02. The monoisotopic (exact) mass is 166 g/mol. The van der Waals surface area contributed by atoms with Crippen molar-refractivity contribution in [2.75, 3.05) is 13.6 Å². The van der Waals surface area contributed by atoms with Crippen LogP contribution in [0, 0.1) is 17.2 Å². The molecule has 1 aliphatic carbocycles. The fourth-order valence-corrected chi connectivity index (χ4v) is 1.59. The second kappa shape index (κ2) is 4.47. The maximum Gasteiger partial charge on any atom is 0.0669 e. The fourth-order valence-electron chi connectivity index (χ4n) is 1.59. The minimum atomic E-state index is 0.232. The van der Waals surface area contributed by atoms with E-state index in [2.05, 4.69) is 24.9 Å². The van der Waals surface area contributed by atoms with Gasteiger partial charge < -0.3 is 4.90 Å². The molecule has 0 aromatic carbocycles. The summed E-state index contributed by atoms with van der Waals surface area (Å²) in [5.41, 5.74) is 0. The molecule has 1 aliphatic rings. The number of nitriles is 1. The summed E-state index contributed by atoms with van der Waals surface area (Å²) in [6, 6.07) is 3.11. The van der Waals surface area contributed by atoms with E-state index in [0.717, 1.165) is 19.0 Å². The van der Waals surface area contributed by atoms with Crippen molar-refractivity contribution in [3.63, 3.8) is 0 Å². The molecule has 0 N–H and O–H groups in total. The third-order valence-electron chi connectivity index (χ3n) is 2.88. The summed E-state index contributed by atoms with van der Waals surface area (Å²) in [6.45, 7) is 3.04. The van der Waals surface area contributed by atoms with Crippen molar-refractivity contribution in [2.45, 2.75) is 38.6 Å². The highest BCUT2D eigenvalue weighted by Crippen LogP contribution is 2.24. The summed E-state index contributed by atoms with van der Waals surface area (Å²) in [5, 5.41) is 8.77. The molecule has 0 aliphatic heterocycles. The molecule has 12 heavy (non-hydrogen) atoms. The maximum absolute atomic E-state index is 8.77. The van der Waals surface area contributed by atoms with Crippen molar-refractivity contribution < 1.29 is 0 Å². The molecule has 2 nitrogen and oxygen atoms in total. The first-order valence-corrected chi connectivity index (χ1v) is 4.87. The lowest BCUT2D eigenvalue weighted by atomic mass is 9.91. The summed E-state index contributed by atoms with van der Waals surface area (Å²) in [7, 11) is 2.14. The van der Waals surface area contributed by atoms with Gasteiger partial charge in [0, 0.05) is 12.6 Å². The molecule has 1 saturated carbocycles. The topological polar surface area (TPSA) is 27.0 Å². The van der Waals surface area contributed by atoms with Crippen LogP contribution in [0.5, 0.6) is 0 Å². The van der Waals surface area contributed by atoms with Crippen LogP contribution in [-0.4, -0.2) is 24.5 Å². The van der Waals surface area contributed by atoms with Crippen molar-refractivity contribution in [1.29, 1.82) is 5.26 Å². The van der Waals surface area contributed by atoms with Gasteiger partial charge in [-0.25, -0.2) is 0 Å². The predicted molar refractivity (Wildman–Crippen MR) is 49.7 cm³/mol. The smallest absolute Gasteiger partial charge is 0.0669 e. The zero-order valence-corrected chi connectivity index (χ0v) is 8.08. The van der Waals surface area contributed by atoms with E-state index in [1.807, 2.05) is 0 Å². The number of hydrogen-bond acceptors (Lipinski definition) is 2. The SMILES string of the molecule is CCC(C#N)CN(C)C1CCC1. The Kier molecular flexibility index (Phi) is 3.55. The van der Waals surface area contributed by atoms with Crippen LogP contribution in [0.3, 0.4) is 0 Å². The van der Waals surface area contributed by atoms with Gasteiger partial charge in [0.1, 0.15) is 0 Å². The molecule has 1 rings (SSSR count). The standard InChI is InChI=1S/C10H18N2/c1-3-9(7-11)8-12(2)10-5-4-6-10/h9-10H,3-6,8H2,1-2H3. The first-order valence-electron chi connectivity index (χ1n) is 4.87. The van der Waals surface area contributed by atoms with Crippen molar-refractivity contribution >= 4 is 0 Å². The highest BCUT2D eigenvalue weighted by Gasteiger charge is 2.23. The van der Waals surface area contributed by atoms with Crippen LogP contribution >= 0.6 is 0 Å². The van der Waals surface area contributed by atoms with E-state index in [4.69, 9.17) is 5.26 Å². The van der Waals surface area contributed by atoms with E-state index in [-0.39, 0.29) is 5.92 Å². The second-order valence-electron chi connectivity index (χ2n) is 3.76. The third kappa shape index (κ3) is 2.22. The molecule has 0 saturated heterocycles. The van der Waals surface area contributed by atoms with E-state index in [0.29, 0.717) is 0 Å². The van der Waals surface area contributed by atoms with E-state index < -0.39 is 0 Å². The van der Waals surface area contributed by atoms with E-state index >= 15 is 0 Å². The zero-order valence-electron chi connectivity index (χ0n) is 8.08. The van der Waals surface area contributed by atoms with Gasteiger partial charge in [-0.05, 0) is 26.3 Å². The Morgan fingerprint density at radius 3 is 2.58 bits per heavy atom. The largest absolute Gasteiger partial charge is 0.302 e. The number of nitrogens with zero attached hydrogens (tertiary/aromatic N) is 2.